The third-order valence-corrected chi connectivity index (χ3v) is 3.10. The van der Waals surface area contributed by atoms with Gasteiger partial charge in [-0.2, -0.15) is 0 Å². The topological polar surface area (TPSA) is 50.4 Å². The van der Waals surface area contributed by atoms with Gasteiger partial charge in [0, 0.05) is 19.7 Å². The molecule has 2 unspecified atom stereocenters. The molecule has 0 aromatic rings. The maximum Gasteiger partial charge on any atom is 0.226 e. The van der Waals surface area contributed by atoms with Gasteiger partial charge in [-0.25, -0.2) is 0 Å². The molecule has 1 amide bonds. The van der Waals surface area contributed by atoms with E-state index in [4.69, 9.17) is 4.74 Å². The minimum absolute atomic E-state index is 0.0993. The lowest BCUT2D eigenvalue weighted by atomic mass is 10.1. The molecule has 1 heterocycles. The van der Waals surface area contributed by atoms with Gasteiger partial charge >= 0.3 is 0 Å². The Bertz CT molecular complexity index is 289. The third kappa shape index (κ3) is 3.06. The number of ether oxygens (including phenoxy) is 1. The molecule has 16 heavy (non-hydrogen) atoms. The molecule has 1 aliphatic heterocycles. The van der Waals surface area contributed by atoms with Crippen molar-refractivity contribution in [2.45, 2.75) is 25.9 Å². The van der Waals surface area contributed by atoms with Crippen LogP contribution in [0.4, 0.5) is 0 Å². The van der Waals surface area contributed by atoms with Gasteiger partial charge < -0.3 is 15.4 Å². The maximum absolute atomic E-state index is 11.7. The van der Waals surface area contributed by atoms with Crippen LogP contribution in [0.1, 0.15) is 19.8 Å². The van der Waals surface area contributed by atoms with Crippen LogP contribution in [0.2, 0.25) is 0 Å². The van der Waals surface area contributed by atoms with Crippen molar-refractivity contribution in [3.8, 4) is 0 Å². The van der Waals surface area contributed by atoms with Crippen LogP contribution in [0.25, 0.3) is 0 Å². The summed E-state index contributed by atoms with van der Waals surface area (Å²) < 4.78 is 5.39. The van der Waals surface area contributed by atoms with E-state index in [1.54, 1.807) is 0 Å². The summed E-state index contributed by atoms with van der Waals surface area (Å²) in [4.78, 5) is 11.7. The Morgan fingerprint density at radius 1 is 1.69 bits per heavy atom. The van der Waals surface area contributed by atoms with E-state index < -0.39 is 0 Å². The van der Waals surface area contributed by atoms with E-state index in [1.165, 1.54) is 5.57 Å². The van der Waals surface area contributed by atoms with Crippen molar-refractivity contribution >= 4 is 5.91 Å². The van der Waals surface area contributed by atoms with Crippen molar-refractivity contribution in [1.82, 2.24) is 10.6 Å². The molecule has 2 aliphatic rings. The summed E-state index contributed by atoms with van der Waals surface area (Å²) in [6, 6.07) is 0. The van der Waals surface area contributed by atoms with E-state index in [0.29, 0.717) is 13.2 Å². The second-order valence-electron chi connectivity index (χ2n) is 4.37. The zero-order chi connectivity index (χ0) is 11.4. The number of nitrogens with one attached hydrogen (secondary N) is 2. The van der Waals surface area contributed by atoms with Crippen molar-refractivity contribution in [3.63, 3.8) is 0 Å². The second-order valence-corrected chi connectivity index (χ2v) is 4.37. The van der Waals surface area contributed by atoms with Crippen molar-refractivity contribution < 1.29 is 9.53 Å². The molecule has 2 rings (SSSR count). The highest BCUT2D eigenvalue weighted by molar-refractivity contribution is 5.82. The fourth-order valence-electron chi connectivity index (χ4n) is 2.01. The van der Waals surface area contributed by atoms with Gasteiger partial charge in [0.2, 0.25) is 5.91 Å². The lowest BCUT2D eigenvalue weighted by Gasteiger charge is -2.14. The number of carbonyl (C=O) groups excluding carboxylic acids is 1. The molecule has 2 N–H and O–H groups in total. The first-order valence-electron chi connectivity index (χ1n) is 6.09. The lowest BCUT2D eigenvalue weighted by Crippen LogP contribution is -2.31. The quantitative estimate of drug-likeness (QED) is 0.667. The van der Waals surface area contributed by atoms with E-state index in [2.05, 4.69) is 16.7 Å². The number of amides is 1. The Morgan fingerprint density at radius 3 is 3.25 bits per heavy atom. The molecule has 1 fully saturated rings. The highest BCUT2D eigenvalue weighted by Gasteiger charge is 2.43. The molecule has 4 heteroatoms. The molecule has 0 radical (unpaired) electrons. The van der Waals surface area contributed by atoms with Crippen LogP contribution in [-0.2, 0) is 9.53 Å². The van der Waals surface area contributed by atoms with Crippen LogP contribution >= 0.6 is 0 Å². The summed E-state index contributed by atoms with van der Waals surface area (Å²) in [6.07, 6.45) is 4.27. The van der Waals surface area contributed by atoms with E-state index in [-0.39, 0.29) is 17.9 Å². The zero-order valence-corrected chi connectivity index (χ0v) is 9.79. The summed E-state index contributed by atoms with van der Waals surface area (Å²) in [7, 11) is 0. The van der Waals surface area contributed by atoms with E-state index in [9.17, 15) is 4.79 Å². The highest BCUT2D eigenvalue weighted by atomic mass is 16.5. The summed E-state index contributed by atoms with van der Waals surface area (Å²) >= 11 is 0. The first kappa shape index (κ1) is 11.6. The van der Waals surface area contributed by atoms with Crippen LogP contribution in [0.5, 0.6) is 0 Å². The van der Waals surface area contributed by atoms with E-state index in [0.717, 1.165) is 25.9 Å². The summed E-state index contributed by atoms with van der Waals surface area (Å²) in [5, 5.41) is 6.24. The Labute approximate surface area is 96.4 Å². The Hall–Kier alpha value is -0.870. The van der Waals surface area contributed by atoms with Crippen molar-refractivity contribution in [1.29, 1.82) is 0 Å². The average Bonchev–Trinajstić information content (AvgIpc) is 3.07. The monoisotopic (exact) mass is 224 g/mol. The minimum Gasteiger partial charge on any atom is -0.378 e. The average molecular weight is 224 g/mol. The van der Waals surface area contributed by atoms with Crippen LogP contribution in [0, 0.1) is 5.92 Å². The van der Waals surface area contributed by atoms with E-state index >= 15 is 0 Å². The van der Waals surface area contributed by atoms with Crippen LogP contribution in [0.15, 0.2) is 11.6 Å². The molecule has 90 valence electrons. The van der Waals surface area contributed by atoms with Crippen molar-refractivity contribution in [2.75, 3.05) is 26.2 Å². The fraction of sp³-hybridized carbons (Fsp3) is 0.750. The van der Waals surface area contributed by atoms with Crippen LogP contribution in [-0.4, -0.2) is 38.3 Å². The van der Waals surface area contributed by atoms with Gasteiger partial charge in [-0.15, -0.1) is 0 Å². The van der Waals surface area contributed by atoms with Crippen LogP contribution < -0.4 is 10.6 Å². The SMILES string of the molecule is CCOC1CC1C(=O)NCC1=CCNCC1. The first-order valence-corrected chi connectivity index (χ1v) is 6.09. The lowest BCUT2D eigenvalue weighted by molar-refractivity contribution is -0.123. The Balaban J connectivity index is 1.66. The largest absolute Gasteiger partial charge is 0.378 e. The Kier molecular flexibility index (Phi) is 3.96. The van der Waals surface area contributed by atoms with Gasteiger partial charge in [0.1, 0.15) is 0 Å². The summed E-state index contributed by atoms with van der Waals surface area (Å²) in [5.74, 6) is 0.250. The summed E-state index contributed by atoms with van der Waals surface area (Å²) in [6.45, 7) is 5.32. The zero-order valence-electron chi connectivity index (χ0n) is 9.79. The molecule has 0 spiro atoms. The molecule has 2 atom stereocenters. The number of hydrogen-bond acceptors (Lipinski definition) is 3. The predicted molar refractivity (Wildman–Crippen MR) is 62.1 cm³/mol. The van der Waals surface area contributed by atoms with Gasteiger partial charge in [0.05, 0.1) is 12.0 Å². The van der Waals surface area contributed by atoms with Crippen molar-refractivity contribution in [3.05, 3.63) is 11.6 Å². The normalized spacial score (nSPS) is 28.4. The van der Waals surface area contributed by atoms with Gasteiger partial charge in [0.25, 0.3) is 0 Å². The third-order valence-electron chi connectivity index (χ3n) is 3.10. The van der Waals surface area contributed by atoms with Gasteiger partial charge in [-0.1, -0.05) is 11.6 Å². The van der Waals surface area contributed by atoms with Crippen molar-refractivity contribution in [2.24, 2.45) is 5.92 Å². The first-order chi connectivity index (χ1) is 7.81. The molecule has 0 bridgehead atoms. The minimum atomic E-state index is 0.0993. The van der Waals surface area contributed by atoms with Gasteiger partial charge in [0.15, 0.2) is 0 Å². The second kappa shape index (κ2) is 5.46. The molecular weight excluding hydrogens is 204 g/mol. The van der Waals surface area contributed by atoms with Gasteiger partial charge in [-0.3, -0.25) is 4.79 Å². The fourth-order valence-corrected chi connectivity index (χ4v) is 2.01. The molecule has 0 aromatic carbocycles. The van der Waals surface area contributed by atoms with Crippen LogP contribution in [0.3, 0.4) is 0 Å². The number of carbonyl (C=O) groups is 1. The Morgan fingerprint density at radius 2 is 2.56 bits per heavy atom. The summed E-state index contributed by atoms with van der Waals surface area (Å²) in [5.41, 5.74) is 1.33. The highest BCUT2D eigenvalue weighted by Crippen LogP contribution is 2.33. The molecule has 0 aromatic heterocycles. The number of hydrogen-bond donors (Lipinski definition) is 2. The predicted octanol–water partition coefficient (Wildman–Crippen LogP) is 0.447. The molecule has 1 saturated carbocycles. The molecule has 4 nitrogen and oxygen atoms in total. The smallest absolute Gasteiger partial charge is 0.226 e. The van der Waals surface area contributed by atoms with Gasteiger partial charge in [-0.05, 0) is 26.3 Å². The molecular formula is C12H20N2O2. The molecule has 0 saturated heterocycles. The standard InChI is InChI=1S/C12H20N2O2/c1-2-16-11-7-10(11)12(15)14-8-9-3-5-13-6-4-9/h3,10-11,13H,2,4-8H2,1H3,(H,14,15). The number of rotatable bonds is 5. The maximum atomic E-state index is 11.7. The van der Waals surface area contributed by atoms with E-state index in [1.807, 2.05) is 6.92 Å². The molecule has 1 aliphatic carbocycles.